The van der Waals surface area contributed by atoms with Crippen LogP contribution in [0.1, 0.15) is 19.2 Å². The van der Waals surface area contributed by atoms with Gasteiger partial charge < -0.3 is 5.32 Å². The van der Waals surface area contributed by atoms with Crippen molar-refractivity contribution in [2.75, 3.05) is 5.32 Å². The molecule has 0 unspecified atom stereocenters. The number of hydrogen-bond donors (Lipinski definition) is 1. The van der Waals surface area contributed by atoms with Gasteiger partial charge >= 0.3 is 0 Å². The second-order valence-corrected chi connectivity index (χ2v) is 4.12. The van der Waals surface area contributed by atoms with Crippen molar-refractivity contribution < 1.29 is 19.2 Å². The molecule has 0 fully saturated rings. The molecule has 0 atom stereocenters. The van der Waals surface area contributed by atoms with Crippen LogP contribution in [0.5, 0.6) is 0 Å². The van der Waals surface area contributed by atoms with Crippen LogP contribution in [0.15, 0.2) is 84.6 Å². The summed E-state index contributed by atoms with van der Waals surface area (Å²) >= 11 is 0. The highest BCUT2D eigenvalue weighted by Gasteiger charge is 2.03. The topological polar surface area (TPSA) is 12.0 Å². The summed E-state index contributed by atoms with van der Waals surface area (Å²) in [6.45, 7) is 0. The van der Waals surface area contributed by atoms with Crippen molar-refractivity contribution in [3.63, 3.8) is 0 Å². The van der Waals surface area contributed by atoms with Crippen LogP contribution in [0.25, 0.3) is 21.5 Å². The van der Waals surface area contributed by atoms with Gasteiger partial charge in [0.25, 0.3) is 0 Å². The van der Waals surface area contributed by atoms with Gasteiger partial charge in [-0.25, -0.2) is 0 Å². The number of anilines is 2. The third-order valence-corrected chi connectivity index (χ3v) is 2.88. The molecular formula is C20H15N. The minimum atomic E-state index is -0.675. The lowest BCUT2D eigenvalue weighted by molar-refractivity contribution is 1.61. The molecule has 1 nitrogen and oxygen atoms in total. The smallest absolute Gasteiger partial charge is 0.0645 e. The Hall–Kier alpha value is -2.80. The van der Waals surface area contributed by atoms with Gasteiger partial charge in [0.1, 0.15) is 0 Å². The molecule has 4 aromatic rings. The summed E-state index contributed by atoms with van der Waals surface area (Å²) < 4.78 is 114. The fourth-order valence-electron chi connectivity index (χ4n) is 1.94. The van der Waals surface area contributed by atoms with Crippen LogP contribution in [0.2, 0.25) is 0 Å². The van der Waals surface area contributed by atoms with Crippen LogP contribution in [0.4, 0.5) is 11.4 Å². The minimum absolute atomic E-state index is 0.322. The molecule has 0 radical (unpaired) electrons. The van der Waals surface area contributed by atoms with Crippen molar-refractivity contribution in [1.82, 2.24) is 0 Å². The lowest BCUT2D eigenvalue weighted by Gasteiger charge is -2.12. The lowest BCUT2D eigenvalue weighted by atomic mass is 10.1. The first kappa shape index (κ1) is 4.35. The minimum Gasteiger partial charge on any atom is -0.355 e. The second-order valence-electron chi connectivity index (χ2n) is 4.12. The van der Waals surface area contributed by atoms with E-state index in [0.717, 1.165) is 0 Å². The number of rotatable bonds is 2. The maximum absolute atomic E-state index is 8.39. The highest BCUT2D eigenvalue weighted by Crippen LogP contribution is 2.30. The maximum atomic E-state index is 8.39. The predicted molar refractivity (Wildman–Crippen MR) is 91.2 cm³/mol. The van der Waals surface area contributed by atoms with Crippen LogP contribution >= 0.6 is 0 Å². The molecule has 0 spiro atoms. The van der Waals surface area contributed by atoms with E-state index in [2.05, 4.69) is 5.32 Å². The standard InChI is InChI=1S/C20H15N/c1-3-11-17-15(7-1)9-5-13-19(17)21-20-14-6-10-16-8-2-4-12-18(16)20/h1-14,21H/i1D,2D,3D,4D,5D,6D,7D,8D,9D,10D,11D,12D,13D,14D. The van der Waals surface area contributed by atoms with E-state index in [-0.39, 0.29) is 21.5 Å². The summed E-state index contributed by atoms with van der Waals surface area (Å²) in [7, 11) is 0. The fraction of sp³-hybridized carbons (Fsp3) is 0. The zero-order valence-corrected chi connectivity index (χ0v) is 10.5. The van der Waals surface area contributed by atoms with E-state index in [1.165, 1.54) is 0 Å². The zero-order valence-electron chi connectivity index (χ0n) is 24.5. The summed E-state index contributed by atoms with van der Waals surface area (Å²) in [5.41, 5.74) is -0.792. The molecule has 4 aromatic carbocycles. The molecule has 0 aliphatic heterocycles. The molecule has 0 heterocycles. The van der Waals surface area contributed by atoms with Crippen molar-refractivity contribution in [2.45, 2.75) is 0 Å². The fourth-order valence-corrected chi connectivity index (χ4v) is 1.94. The van der Waals surface area contributed by atoms with E-state index in [1.807, 2.05) is 0 Å². The molecule has 0 saturated carbocycles. The van der Waals surface area contributed by atoms with Crippen LogP contribution < -0.4 is 5.32 Å². The van der Waals surface area contributed by atoms with Crippen LogP contribution in [-0.2, 0) is 0 Å². The first-order chi connectivity index (χ1) is 16.2. The van der Waals surface area contributed by atoms with E-state index < -0.39 is 96.0 Å². The maximum Gasteiger partial charge on any atom is 0.0645 e. The van der Waals surface area contributed by atoms with Gasteiger partial charge in [-0.3, -0.25) is 0 Å². The third-order valence-electron chi connectivity index (χ3n) is 2.88. The van der Waals surface area contributed by atoms with Gasteiger partial charge in [0.15, 0.2) is 0 Å². The van der Waals surface area contributed by atoms with E-state index in [9.17, 15) is 0 Å². The molecule has 0 bridgehead atoms. The third kappa shape index (κ3) is 2.13. The van der Waals surface area contributed by atoms with E-state index in [1.54, 1.807) is 0 Å². The van der Waals surface area contributed by atoms with Crippen LogP contribution in [-0.4, -0.2) is 0 Å². The molecular weight excluding hydrogens is 254 g/mol. The summed E-state index contributed by atoms with van der Waals surface area (Å²) in [6.07, 6.45) is 0. The van der Waals surface area contributed by atoms with Gasteiger partial charge in [-0.2, -0.15) is 0 Å². The highest BCUT2D eigenvalue weighted by molar-refractivity contribution is 6.00. The Morgan fingerprint density at radius 1 is 0.524 bits per heavy atom. The van der Waals surface area contributed by atoms with Crippen molar-refractivity contribution in [3.8, 4) is 0 Å². The Bertz CT molecular complexity index is 1480. The summed E-state index contributed by atoms with van der Waals surface area (Å²) in [5.74, 6) is 0. The molecule has 1 N–H and O–H groups in total. The van der Waals surface area contributed by atoms with Gasteiger partial charge in [-0.1, -0.05) is 72.5 Å². The molecule has 0 aliphatic carbocycles. The normalized spacial score (nSPS) is 20.2. The molecule has 4 rings (SSSR count). The van der Waals surface area contributed by atoms with Crippen LogP contribution in [0, 0.1) is 0 Å². The van der Waals surface area contributed by atoms with Crippen molar-refractivity contribution in [2.24, 2.45) is 0 Å². The van der Waals surface area contributed by atoms with Crippen molar-refractivity contribution in [3.05, 3.63) is 84.6 Å². The van der Waals surface area contributed by atoms with Gasteiger partial charge in [-0.15, -0.1) is 0 Å². The number of benzene rings is 4. The predicted octanol–water partition coefficient (Wildman–Crippen LogP) is 5.74. The molecule has 0 saturated heterocycles. The summed E-state index contributed by atoms with van der Waals surface area (Å²) in [4.78, 5) is 0. The Balaban J connectivity index is 2.23. The Kier molecular flexibility index (Phi) is 1.02. The van der Waals surface area contributed by atoms with E-state index >= 15 is 0 Å². The molecule has 1 heteroatoms. The number of hydrogen-bond acceptors (Lipinski definition) is 1. The van der Waals surface area contributed by atoms with E-state index in [4.69, 9.17) is 19.2 Å². The highest BCUT2D eigenvalue weighted by atomic mass is 14.9. The van der Waals surface area contributed by atoms with Crippen molar-refractivity contribution in [1.29, 1.82) is 0 Å². The van der Waals surface area contributed by atoms with Gasteiger partial charge in [-0.05, 0) is 22.9 Å². The van der Waals surface area contributed by atoms with Gasteiger partial charge in [0.2, 0.25) is 0 Å². The quantitative estimate of drug-likeness (QED) is 0.495. The average Bonchev–Trinajstić information content (AvgIpc) is 2.83. The van der Waals surface area contributed by atoms with Crippen LogP contribution in [0.3, 0.4) is 0 Å². The molecule has 0 amide bonds. The average molecular weight is 283 g/mol. The zero-order chi connectivity index (χ0) is 26.3. The Morgan fingerprint density at radius 2 is 0.952 bits per heavy atom. The molecule has 100 valence electrons. The Morgan fingerprint density at radius 3 is 1.48 bits per heavy atom. The van der Waals surface area contributed by atoms with Gasteiger partial charge in [0, 0.05) is 22.1 Å². The van der Waals surface area contributed by atoms with Gasteiger partial charge in [0.05, 0.1) is 19.2 Å². The largest absolute Gasteiger partial charge is 0.355 e. The van der Waals surface area contributed by atoms with Crippen molar-refractivity contribution >= 4 is 32.9 Å². The monoisotopic (exact) mass is 283 g/mol. The Labute approximate surface area is 143 Å². The number of fused-ring (bicyclic) bond motifs is 2. The summed E-state index contributed by atoms with van der Waals surface area (Å²) in [5, 5.41) is 1.28. The summed E-state index contributed by atoms with van der Waals surface area (Å²) in [6, 6.07) is -8.94. The molecule has 0 aliphatic rings. The second kappa shape index (κ2) is 4.95. The first-order valence-corrected chi connectivity index (χ1v) is 6.00. The molecule has 21 heavy (non-hydrogen) atoms. The molecule has 0 aromatic heterocycles. The lowest BCUT2D eigenvalue weighted by Crippen LogP contribution is -1.92. The van der Waals surface area contributed by atoms with E-state index in [0.29, 0.717) is 0 Å². The SMILES string of the molecule is [2H]c1c([2H])c([2H])c2c(Nc3c([2H])c([2H])c([2H])c4c([2H])c([2H])c([2H])c([2H])c34)c([2H])c([2H])c([2H])c2c1[2H]. The number of nitrogens with one attached hydrogen (secondary N) is 1. The first-order valence-electron chi connectivity index (χ1n) is 13.0.